The summed E-state index contributed by atoms with van der Waals surface area (Å²) in [6, 6.07) is 14.5. The molecule has 0 radical (unpaired) electrons. The summed E-state index contributed by atoms with van der Waals surface area (Å²) >= 11 is 1.72. The number of benzene rings is 1. The Morgan fingerprint density at radius 1 is 1.07 bits per heavy atom. The largest absolute Gasteiger partial charge is 0.332 e. The van der Waals surface area contributed by atoms with Gasteiger partial charge >= 0.3 is 0 Å². The summed E-state index contributed by atoms with van der Waals surface area (Å²) in [7, 11) is 0. The lowest BCUT2D eigenvalue weighted by Crippen LogP contribution is -2.44. The monoisotopic (exact) mass is 384 g/mol. The highest BCUT2D eigenvalue weighted by molar-refractivity contribution is 7.11. The molecule has 0 bridgehead atoms. The smallest absolute Gasteiger partial charge is 0.242 e. The van der Waals surface area contributed by atoms with Gasteiger partial charge in [-0.05, 0) is 37.5 Å². The van der Waals surface area contributed by atoms with Crippen LogP contribution in [0, 0.1) is 12.8 Å². The Kier molecular flexibility index (Phi) is 6.32. The zero-order valence-electron chi connectivity index (χ0n) is 16.4. The fourth-order valence-corrected chi connectivity index (χ4v) is 4.05. The first-order valence-electron chi connectivity index (χ1n) is 9.61. The quantitative estimate of drug-likeness (QED) is 0.683. The van der Waals surface area contributed by atoms with Crippen molar-refractivity contribution >= 4 is 23.2 Å². The Balaban J connectivity index is 1.75. The SMILES string of the molecule is Cc1ccc(CN(Cc2ccccc2)C(=O)CN(C(=O)C(C)C)C2CC2)s1. The highest BCUT2D eigenvalue weighted by atomic mass is 32.1. The molecule has 1 heterocycles. The van der Waals surface area contributed by atoms with Crippen molar-refractivity contribution in [3.05, 3.63) is 57.8 Å². The van der Waals surface area contributed by atoms with E-state index in [9.17, 15) is 9.59 Å². The minimum Gasteiger partial charge on any atom is -0.332 e. The first kappa shape index (κ1) is 19.6. The van der Waals surface area contributed by atoms with Crippen LogP contribution >= 0.6 is 11.3 Å². The first-order chi connectivity index (χ1) is 12.9. The fraction of sp³-hybridized carbons (Fsp3) is 0.455. The molecule has 0 atom stereocenters. The van der Waals surface area contributed by atoms with Gasteiger partial charge in [0.1, 0.15) is 6.54 Å². The van der Waals surface area contributed by atoms with Crippen molar-refractivity contribution in [2.45, 2.75) is 52.7 Å². The van der Waals surface area contributed by atoms with Gasteiger partial charge in [-0.15, -0.1) is 11.3 Å². The van der Waals surface area contributed by atoms with Crippen LogP contribution in [0.1, 0.15) is 42.0 Å². The Labute approximate surface area is 165 Å². The summed E-state index contributed by atoms with van der Waals surface area (Å²) in [5.41, 5.74) is 1.10. The molecule has 0 unspecified atom stereocenters. The second-order valence-corrected chi connectivity index (χ2v) is 8.97. The summed E-state index contributed by atoms with van der Waals surface area (Å²) in [5, 5.41) is 0. The third-order valence-corrected chi connectivity index (χ3v) is 5.77. The molecule has 1 aromatic heterocycles. The number of hydrogen-bond acceptors (Lipinski definition) is 3. The second-order valence-electron chi connectivity index (χ2n) is 7.60. The average Bonchev–Trinajstić information content (AvgIpc) is 3.41. The summed E-state index contributed by atoms with van der Waals surface area (Å²) < 4.78 is 0. The first-order valence-corrected chi connectivity index (χ1v) is 10.4. The van der Waals surface area contributed by atoms with Crippen LogP contribution in [0.15, 0.2) is 42.5 Å². The number of amides is 2. The summed E-state index contributed by atoms with van der Waals surface area (Å²) in [6.07, 6.45) is 2.02. The molecule has 5 heteroatoms. The van der Waals surface area contributed by atoms with Crippen molar-refractivity contribution in [3.8, 4) is 0 Å². The van der Waals surface area contributed by atoms with Gasteiger partial charge in [-0.2, -0.15) is 0 Å². The lowest BCUT2D eigenvalue weighted by Gasteiger charge is -2.28. The lowest BCUT2D eigenvalue weighted by molar-refractivity contribution is -0.143. The van der Waals surface area contributed by atoms with Crippen LogP contribution in [0.5, 0.6) is 0 Å². The molecule has 4 nitrogen and oxygen atoms in total. The third kappa shape index (κ3) is 5.42. The molecule has 1 aliphatic carbocycles. The Hall–Kier alpha value is -2.14. The molecule has 1 aliphatic rings. The van der Waals surface area contributed by atoms with Crippen molar-refractivity contribution < 1.29 is 9.59 Å². The van der Waals surface area contributed by atoms with E-state index in [2.05, 4.69) is 19.1 Å². The molecule has 1 aromatic carbocycles. The molecule has 2 aromatic rings. The molecule has 1 fully saturated rings. The lowest BCUT2D eigenvalue weighted by atomic mass is 10.1. The molecular weight excluding hydrogens is 356 g/mol. The van der Waals surface area contributed by atoms with E-state index in [0.717, 1.165) is 18.4 Å². The second kappa shape index (κ2) is 8.70. The molecule has 0 N–H and O–H groups in total. The Morgan fingerprint density at radius 2 is 1.78 bits per heavy atom. The van der Waals surface area contributed by atoms with Crippen molar-refractivity contribution in [2.24, 2.45) is 5.92 Å². The topological polar surface area (TPSA) is 40.6 Å². The Bertz CT molecular complexity index is 781. The van der Waals surface area contributed by atoms with Gasteiger partial charge in [0.05, 0.1) is 6.54 Å². The van der Waals surface area contributed by atoms with Crippen LogP contribution in [0.25, 0.3) is 0 Å². The van der Waals surface area contributed by atoms with E-state index in [1.807, 2.05) is 49.1 Å². The van der Waals surface area contributed by atoms with Crippen molar-refractivity contribution in [3.63, 3.8) is 0 Å². The predicted octanol–water partition coefficient (Wildman–Crippen LogP) is 4.23. The minimum absolute atomic E-state index is 0.0193. The number of hydrogen-bond donors (Lipinski definition) is 0. The van der Waals surface area contributed by atoms with Crippen molar-refractivity contribution in [1.29, 1.82) is 0 Å². The predicted molar refractivity (Wildman–Crippen MR) is 109 cm³/mol. The van der Waals surface area contributed by atoms with Crippen LogP contribution in [0.4, 0.5) is 0 Å². The number of thiophene rings is 1. The maximum atomic E-state index is 13.2. The molecule has 27 heavy (non-hydrogen) atoms. The zero-order chi connectivity index (χ0) is 19.4. The molecule has 1 saturated carbocycles. The van der Waals surface area contributed by atoms with E-state index in [-0.39, 0.29) is 30.3 Å². The van der Waals surface area contributed by atoms with E-state index in [1.54, 1.807) is 16.2 Å². The van der Waals surface area contributed by atoms with Crippen LogP contribution in [0.2, 0.25) is 0 Å². The van der Waals surface area contributed by atoms with Gasteiger partial charge in [0.15, 0.2) is 0 Å². The van der Waals surface area contributed by atoms with E-state index < -0.39 is 0 Å². The maximum Gasteiger partial charge on any atom is 0.242 e. The normalized spacial score (nSPS) is 13.6. The molecular formula is C22H28N2O2S. The minimum atomic E-state index is -0.0825. The van der Waals surface area contributed by atoms with E-state index in [1.165, 1.54) is 9.75 Å². The zero-order valence-corrected chi connectivity index (χ0v) is 17.2. The van der Waals surface area contributed by atoms with Gasteiger partial charge in [-0.3, -0.25) is 9.59 Å². The molecule has 144 valence electrons. The standard InChI is InChI=1S/C22H28N2O2S/c1-16(2)22(26)24(19-10-11-19)15-21(25)23(13-18-7-5-4-6-8-18)14-20-12-9-17(3)27-20/h4-9,12,16,19H,10-11,13-15H2,1-3H3. The van der Waals surface area contributed by atoms with Gasteiger partial charge in [-0.25, -0.2) is 0 Å². The maximum absolute atomic E-state index is 13.2. The van der Waals surface area contributed by atoms with Gasteiger partial charge in [0, 0.05) is 28.3 Å². The summed E-state index contributed by atoms with van der Waals surface area (Å²) in [6.45, 7) is 7.20. The van der Waals surface area contributed by atoms with Crippen LogP contribution in [0.3, 0.4) is 0 Å². The third-order valence-electron chi connectivity index (χ3n) is 4.78. The van der Waals surface area contributed by atoms with Gasteiger partial charge in [0.25, 0.3) is 0 Å². The number of carbonyl (C=O) groups excluding carboxylic acids is 2. The molecule has 0 aliphatic heterocycles. The van der Waals surface area contributed by atoms with Gasteiger partial charge < -0.3 is 9.80 Å². The highest BCUT2D eigenvalue weighted by Gasteiger charge is 2.35. The summed E-state index contributed by atoms with van der Waals surface area (Å²) in [4.78, 5) is 31.8. The van der Waals surface area contributed by atoms with Crippen LogP contribution < -0.4 is 0 Å². The fourth-order valence-electron chi connectivity index (χ4n) is 3.14. The van der Waals surface area contributed by atoms with E-state index in [4.69, 9.17) is 0 Å². The van der Waals surface area contributed by atoms with Gasteiger partial charge in [0.2, 0.25) is 11.8 Å². The van der Waals surface area contributed by atoms with E-state index >= 15 is 0 Å². The number of aryl methyl sites for hydroxylation is 1. The highest BCUT2D eigenvalue weighted by Crippen LogP contribution is 2.28. The van der Waals surface area contributed by atoms with Crippen LogP contribution in [-0.2, 0) is 22.7 Å². The number of rotatable bonds is 8. The van der Waals surface area contributed by atoms with Crippen molar-refractivity contribution in [2.75, 3.05) is 6.54 Å². The van der Waals surface area contributed by atoms with Crippen LogP contribution in [-0.4, -0.2) is 34.2 Å². The van der Waals surface area contributed by atoms with Gasteiger partial charge in [-0.1, -0.05) is 44.2 Å². The van der Waals surface area contributed by atoms with E-state index in [0.29, 0.717) is 13.1 Å². The number of nitrogens with zero attached hydrogens (tertiary/aromatic N) is 2. The van der Waals surface area contributed by atoms with Crippen molar-refractivity contribution in [1.82, 2.24) is 9.80 Å². The molecule has 0 saturated heterocycles. The molecule has 0 spiro atoms. The number of carbonyl (C=O) groups is 2. The molecule has 3 rings (SSSR count). The Morgan fingerprint density at radius 3 is 2.33 bits per heavy atom. The summed E-state index contributed by atoms with van der Waals surface area (Å²) in [5.74, 6) is 0.0178. The average molecular weight is 385 g/mol. The molecule has 2 amide bonds.